The number of nitrogens with zero attached hydrogens (tertiary/aromatic N) is 1. The Morgan fingerprint density at radius 2 is 1.78 bits per heavy atom. The quantitative estimate of drug-likeness (QED) is 0.809. The third-order valence-electron chi connectivity index (χ3n) is 2.83. The molecule has 3 nitrogen and oxygen atoms in total. The molecule has 0 N–H and O–H groups in total. The molecule has 96 valence electrons. The number of fused-ring (bicyclic) bond motifs is 1. The smallest absolute Gasteiger partial charge is 0.207 e. The van der Waals surface area contributed by atoms with E-state index in [0.29, 0.717) is 11.4 Å². The van der Waals surface area contributed by atoms with Crippen LogP contribution >= 0.6 is 11.6 Å². The zero-order valence-corrected chi connectivity index (χ0v) is 11.6. The number of alkyl halides is 1. The summed E-state index contributed by atoms with van der Waals surface area (Å²) in [5, 5.41) is 1.94. The van der Waals surface area contributed by atoms with Gasteiger partial charge < -0.3 is 0 Å². The highest BCUT2D eigenvalue weighted by Gasteiger charge is 2.20. The Labute approximate surface area is 112 Å². The Balaban J connectivity index is 2.48. The molecule has 2 rings (SSSR count). The van der Waals surface area contributed by atoms with Crippen LogP contribution in [0.25, 0.3) is 10.8 Å². The van der Waals surface area contributed by atoms with Crippen LogP contribution in [0.1, 0.15) is 0 Å². The van der Waals surface area contributed by atoms with Crippen molar-refractivity contribution in [2.24, 2.45) is 0 Å². The van der Waals surface area contributed by atoms with E-state index in [0.717, 1.165) is 10.8 Å². The van der Waals surface area contributed by atoms with Gasteiger partial charge in [-0.2, -0.15) is 4.31 Å². The van der Waals surface area contributed by atoms with Crippen molar-refractivity contribution in [3.63, 3.8) is 0 Å². The summed E-state index contributed by atoms with van der Waals surface area (Å²) in [6.45, 7) is 0.302. The number of hydrogen-bond donors (Lipinski definition) is 0. The minimum Gasteiger partial charge on any atom is -0.207 e. The van der Waals surface area contributed by atoms with Gasteiger partial charge in [0.1, 0.15) is 0 Å². The molecule has 2 aromatic carbocycles. The van der Waals surface area contributed by atoms with E-state index in [9.17, 15) is 8.42 Å². The third kappa shape index (κ3) is 2.51. The number of rotatable bonds is 4. The van der Waals surface area contributed by atoms with Crippen molar-refractivity contribution in [1.29, 1.82) is 0 Å². The predicted molar refractivity (Wildman–Crippen MR) is 74.5 cm³/mol. The number of hydrogen-bond acceptors (Lipinski definition) is 2. The molecule has 5 heteroatoms. The van der Waals surface area contributed by atoms with Gasteiger partial charge in [0, 0.05) is 19.5 Å². The van der Waals surface area contributed by atoms with Crippen LogP contribution in [-0.4, -0.2) is 32.2 Å². The van der Waals surface area contributed by atoms with Crippen molar-refractivity contribution in [3.05, 3.63) is 42.5 Å². The summed E-state index contributed by atoms with van der Waals surface area (Å²) < 4.78 is 25.7. The van der Waals surface area contributed by atoms with Crippen LogP contribution in [0.3, 0.4) is 0 Å². The van der Waals surface area contributed by atoms with Crippen LogP contribution < -0.4 is 0 Å². The highest BCUT2D eigenvalue weighted by Crippen LogP contribution is 2.21. The first kappa shape index (κ1) is 13.3. The van der Waals surface area contributed by atoms with Crippen LogP contribution in [-0.2, 0) is 10.0 Å². The van der Waals surface area contributed by atoms with Gasteiger partial charge in [0.15, 0.2) is 0 Å². The normalized spacial score (nSPS) is 12.2. The maximum atomic E-state index is 12.2. The van der Waals surface area contributed by atoms with Crippen LogP contribution in [0.15, 0.2) is 47.4 Å². The summed E-state index contributed by atoms with van der Waals surface area (Å²) in [6.07, 6.45) is 0. The largest absolute Gasteiger partial charge is 0.242 e. The first-order valence-corrected chi connectivity index (χ1v) is 7.54. The second kappa shape index (κ2) is 5.26. The highest BCUT2D eigenvalue weighted by molar-refractivity contribution is 7.89. The molecule has 0 heterocycles. The Bertz CT molecular complexity index is 655. The molecular formula is C13H14ClNO2S. The lowest BCUT2D eigenvalue weighted by molar-refractivity contribution is 0.488. The molecule has 0 amide bonds. The molecule has 0 radical (unpaired) electrons. The van der Waals surface area contributed by atoms with Gasteiger partial charge in [-0.05, 0) is 22.9 Å². The van der Waals surface area contributed by atoms with Gasteiger partial charge >= 0.3 is 0 Å². The summed E-state index contributed by atoms with van der Waals surface area (Å²) in [7, 11) is -1.91. The molecule has 18 heavy (non-hydrogen) atoms. The molecule has 0 saturated heterocycles. The summed E-state index contributed by atoms with van der Waals surface area (Å²) in [5.41, 5.74) is 0. The maximum absolute atomic E-state index is 12.2. The fourth-order valence-electron chi connectivity index (χ4n) is 1.75. The molecule has 0 aliphatic carbocycles. The van der Waals surface area contributed by atoms with E-state index in [1.807, 2.05) is 30.3 Å². The Morgan fingerprint density at radius 3 is 2.44 bits per heavy atom. The van der Waals surface area contributed by atoms with Crippen molar-refractivity contribution in [1.82, 2.24) is 4.31 Å². The van der Waals surface area contributed by atoms with Crippen LogP contribution in [0, 0.1) is 0 Å². The fraction of sp³-hybridized carbons (Fsp3) is 0.231. The lowest BCUT2D eigenvalue weighted by Crippen LogP contribution is -2.28. The Morgan fingerprint density at radius 1 is 1.11 bits per heavy atom. The molecule has 0 aromatic heterocycles. The van der Waals surface area contributed by atoms with Crippen LogP contribution in [0.2, 0.25) is 0 Å². The lowest BCUT2D eigenvalue weighted by atomic mass is 10.1. The molecule has 0 aliphatic heterocycles. The molecule has 0 aliphatic rings. The van der Waals surface area contributed by atoms with Crippen LogP contribution in [0.5, 0.6) is 0 Å². The topological polar surface area (TPSA) is 37.4 Å². The fourth-order valence-corrected chi connectivity index (χ4v) is 3.31. The van der Waals surface area contributed by atoms with Gasteiger partial charge in [-0.1, -0.05) is 30.3 Å². The number of benzene rings is 2. The van der Waals surface area contributed by atoms with Gasteiger partial charge in [0.2, 0.25) is 10.0 Å². The molecule has 0 atom stereocenters. The van der Waals surface area contributed by atoms with E-state index in [2.05, 4.69) is 0 Å². The number of halogens is 1. The Hall–Kier alpha value is -1.10. The first-order chi connectivity index (χ1) is 8.55. The summed E-state index contributed by atoms with van der Waals surface area (Å²) in [6, 6.07) is 12.8. The van der Waals surface area contributed by atoms with Crippen molar-refractivity contribution in [2.75, 3.05) is 19.5 Å². The first-order valence-electron chi connectivity index (χ1n) is 5.57. The molecule has 0 spiro atoms. The van der Waals surface area contributed by atoms with E-state index in [1.54, 1.807) is 12.1 Å². The average Bonchev–Trinajstić information content (AvgIpc) is 2.38. The van der Waals surface area contributed by atoms with Crippen molar-refractivity contribution < 1.29 is 8.42 Å². The van der Waals surface area contributed by atoms with E-state index < -0.39 is 10.0 Å². The summed E-state index contributed by atoms with van der Waals surface area (Å²) in [5.74, 6) is 0.281. The standard InChI is InChI=1S/C13H14ClNO2S/c1-15(9-8-14)18(16,17)13-7-6-11-4-2-3-5-12(11)10-13/h2-7,10H,8-9H2,1H3. The highest BCUT2D eigenvalue weighted by atomic mass is 35.5. The minimum absolute atomic E-state index is 0.281. The van der Waals surface area contributed by atoms with E-state index in [1.165, 1.54) is 11.4 Å². The second-order valence-corrected chi connectivity index (χ2v) is 6.45. The summed E-state index contributed by atoms with van der Waals surface area (Å²) >= 11 is 5.58. The zero-order chi connectivity index (χ0) is 13.2. The van der Waals surface area contributed by atoms with E-state index in [4.69, 9.17) is 11.6 Å². The van der Waals surface area contributed by atoms with E-state index in [-0.39, 0.29) is 5.88 Å². The number of sulfonamides is 1. The van der Waals surface area contributed by atoms with Crippen molar-refractivity contribution in [2.45, 2.75) is 4.90 Å². The molecule has 0 saturated carbocycles. The maximum Gasteiger partial charge on any atom is 0.242 e. The SMILES string of the molecule is CN(CCCl)S(=O)(=O)c1ccc2ccccc2c1. The summed E-state index contributed by atoms with van der Waals surface area (Å²) in [4.78, 5) is 0.300. The third-order valence-corrected chi connectivity index (χ3v) is 4.85. The van der Waals surface area contributed by atoms with Gasteiger partial charge in [-0.25, -0.2) is 8.42 Å². The lowest BCUT2D eigenvalue weighted by Gasteiger charge is -2.16. The average molecular weight is 284 g/mol. The van der Waals surface area contributed by atoms with Crippen LogP contribution in [0.4, 0.5) is 0 Å². The molecule has 2 aromatic rings. The predicted octanol–water partition coefficient (Wildman–Crippen LogP) is 2.70. The molecular weight excluding hydrogens is 270 g/mol. The monoisotopic (exact) mass is 283 g/mol. The molecule has 0 bridgehead atoms. The second-order valence-electron chi connectivity index (χ2n) is 4.02. The zero-order valence-electron chi connectivity index (χ0n) is 10.0. The Kier molecular flexibility index (Phi) is 3.90. The van der Waals surface area contributed by atoms with Gasteiger partial charge in [0.25, 0.3) is 0 Å². The molecule has 0 fully saturated rings. The minimum atomic E-state index is -3.44. The van der Waals surface area contributed by atoms with Gasteiger partial charge in [0.05, 0.1) is 4.90 Å². The van der Waals surface area contributed by atoms with Gasteiger partial charge in [-0.3, -0.25) is 0 Å². The molecule has 0 unspecified atom stereocenters. The van der Waals surface area contributed by atoms with Crippen molar-refractivity contribution in [3.8, 4) is 0 Å². The van der Waals surface area contributed by atoms with E-state index >= 15 is 0 Å². The van der Waals surface area contributed by atoms with Gasteiger partial charge in [-0.15, -0.1) is 11.6 Å². The van der Waals surface area contributed by atoms with Crippen molar-refractivity contribution >= 4 is 32.4 Å².